The lowest BCUT2D eigenvalue weighted by Gasteiger charge is -2.46. The van der Waals surface area contributed by atoms with Gasteiger partial charge in [-0.1, -0.05) is 131 Å². The molecule has 0 saturated carbocycles. The van der Waals surface area contributed by atoms with Crippen molar-refractivity contribution in [3.63, 3.8) is 0 Å². The zero-order chi connectivity index (χ0) is 44.3. The monoisotopic (exact) mass is 862 g/mol. The van der Waals surface area contributed by atoms with Gasteiger partial charge >= 0.3 is 7.12 Å². The van der Waals surface area contributed by atoms with Crippen LogP contribution in [-0.4, -0.2) is 50.1 Å². The smallest absolute Gasteiger partial charge is 0.455 e. The first kappa shape index (κ1) is 44.0. The van der Waals surface area contributed by atoms with E-state index in [1.165, 1.54) is 17.0 Å². The van der Waals surface area contributed by atoms with E-state index < -0.39 is 50.9 Å². The minimum atomic E-state index is -3.04. The molecule has 3 aliphatic rings. The SMILES string of the molecule is CCC/C(=C\c1ccc(O)c(F)c1)CC[C@H]1OB(O)C[C@H]2C1=C(CO[Si](c1ccccc1)(c1ccccc1)C(C)(C)C)C[C@H]1C(=O)N(c3ccc(Nc4ccccc4)cc3)C(=O)[C@H]12. The van der Waals surface area contributed by atoms with Gasteiger partial charge in [0.05, 0.1) is 30.2 Å². The number of hydrogen-bond donors (Lipinski definition) is 3. The van der Waals surface area contributed by atoms with Crippen molar-refractivity contribution in [1.29, 1.82) is 0 Å². The Balaban J connectivity index is 1.17. The van der Waals surface area contributed by atoms with Crippen molar-refractivity contribution in [1.82, 2.24) is 0 Å². The topological polar surface area (TPSA) is 108 Å². The van der Waals surface area contributed by atoms with Gasteiger partial charge in [0, 0.05) is 11.4 Å². The van der Waals surface area contributed by atoms with Gasteiger partial charge in [-0.05, 0) is 119 Å². The van der Waals surface area contributed by atoms with Crippen molar-refractivity contribution >= 4 is 60.8 Å². The van der Waals surface area contributed by atoms with Crippen LogP contribution in [0.5, 0.6) is 5.75 Å². The Kier molecular flexibility index (Phi) is 13.0. The first-order valence-electron chi connectivity index (χ1n) is 22.2. The third kappa shape index (κ3) is 8.98. The lowest BCUT2D eigenvalue weighted by molar-refractivity contribution is -0.122. The van der Waals surface area contributed by atoms with E-state index in [1.54, 1.807) is 6.07 Å². The molecule has 2 heterocycles. The third-order valence-corrected chi connectivity index (χ3v) is 18.0. The van der Waals surface area contributed by atoms with Crippen molar-refractivity contribution < 1.29 is 33.2 Å². The fourth-order valence-corrected chi connectivity index (χ4v) is 14.8. The molecular formula is C52H56BFN2O6Si. The molecule has 0 spiro atoms. The Labute approximate surface area is 371 Å². The molecule has 2 saturated heterocycles. The molecule has 2 amide bonds. The van der Waals surface area contributed by atoms with Crippen molar-refractivity contribution in [2.45, 2.75) is 77.3 Å². The number of fused-ring (bicyclic) bond motifs is 3. The number of nitrogens with zero attached hydrogens (tertiary/aromatic N) is 1. The van der Waals surface area contributed by atoms with Crippen LogP contribution in [0.4, 0.5) is 21.5 Å². The van der Waals surface area contributed by atoms with Crippen LogP contribution >= 0.6 is 0 Å². The second-order valence-electron chi connectivity index (χ2n) is 18.1. The number of nitrogens with one attached hydrogen (secondary N) is 1. The van der Waals surface area contributed by atoms with Gasteiger partial charge in [0.15, 0.2) is 11.6 Å². The van der Waals surface area contributed by atoms with Crippen molar-refractivity contribution in [2.75, 3.05) is 16.8 Å². The predicted molar refractivity (Wildman–Crippen MR) is 252 cm³/mol. The fraction of sp³-hybridized carbons (Fsp3) is 0.308. The van der Waals surface area contributed by atoms with Crippen LogP contribution in [0.15, 0.2) is 150 Å². The molecular weight excluding hydrogens is 806 g/mol. The Bertz CT molecular complexity index is 2440. The van der Waals surface area contributed by atoms with Crippen LogP contribution in [0, 0.1) is 23.6 Å². The number of carbonyl (C=O) groups excluding carboxylic acids is 2. The fourth-order valence-electron chi connectivity index (χ4n) is 10.2. The molecule has 0 radical (unpaired) electrons. The second-order valence-corrected chi connectivity index (χ2v) is 22.4. The number of allylic oxidation sites excluding steroid dienone is 1. The number of halogens is 1. The molecule has 1 aliphatic carbocycles. The normalized spacial score (nSPS) is 20.5. The maximum Gasteiger partial charge on any atom is 0.455 e. The van der Waals surface area contributed by atoms with Gasteiger partial charge in [-0.15, -0.1) is 0 Å². The number of para-hydroxylation sites is 1. The summed E-state index contributed by atoms with van der Waals surface area (Å²) in [4.78, 5) is 30.8. The number of hydrogen-bond acceptors (Lipinski definition) is 7. The van der Waals surface area contributed by atoms with Crippen molar-refractivity contribution in [3.8, 4) is 5.75 Å². The molecule has 4 atom stereocenters. The molecule has 8 nitrogen and oxygen atoms in total. The first-order chi connectivity index (χ1) is 30.4. The Morgan fingerprint density at radius 3 is 2.08 bits per heavy atom. The summed E-state index contributed by atoms with van der Waals surface area (Å²) in [5, 5.41) is 26.6. The quantitative estimate of drug-likeness (QED) is 0.0580. The van der Waals surface area contributed by atoms with Crippen molar-refractivity contribution in [2.24, 2.45) is 17.8 Å². The van der Waals surface area contributed by atoms with Crippen LogP contribution in [-0.2, 0) is 18.7 Å². The molecule has 2 aliphatic heterocycles. The summed E-state index contributed by atoms with van der Waals surface area (Å²) < 4.78 is 28.4. The van der Waals surface area contributed by atoms with E-state index in [4.69, 9.17) is 9.08 Å². The Morgan fingerprint density at radius 2 is 1.48 bits per heavy atom. The standard InChI is InChI=1S/C52H56BFN2O6Si/c1-5-15-35(30-36-22-28-46(57)45(54)31-36)23-29-47-48-37(34-61-63(52(2,3)4,41-18-11-7-12-19-41)42-20-13-8-14-21-42)32-43-49(44(48)33-53(60)62-47)51(59)56(50(43)58)40-26-24-39(25-27-40)55-38-16-9-6-10-17-38/h6-14,16-22,24-28,30-31,43-44,47,49,55,57,60H,5,15,23,29,32-34H2,1-4H3/b35-30+/t43-,44+,47-,49-/m1/s1. The zero-order valence-electron chi connectivity index (χ0n) is 36.5. The summed E-state index contributed by atoms with van der Waals surface area (Å²) in [6, 6.07) is 42.4. The lowest BCUT2D eigenvalue weighted by Crippen LogP contribution is -2.66. The predicted octanol–water partition coefficient (Wildman–Crippen LogP) is 9.82. The molecule has 11 heteroatoms. The van der Waals surface area contributed by atoms with Crippen LogP contribution in [0.1, 0.15) is 65.4 Å². The van der Waals surface area contributed by atoms with E-state index in [9.17, 15) is 24.1 Å². The second kappa shape index (κ2) is 18.6. The summed E-state index contributed by atoms with van der Waals surface area (Å²) in [7, 11) is -4.19. The van der Waals surface area contributed by atoms with Gasteiger partial charge in [-0.25, -0.2) is 4.39 Å². The molecule has 63 heavy (non-hydrogen) atoms. The summed E-state index contributed by atoms with van der Waals surface area (Å²) in [6.07, 6.45) is 4.60. The van der Waals surface area contributed by atoms with Crippen LogP contribution < -0.4 is 20.6 Å². The highest BCUT2D eigenvalue weighted by atomic mass is 28.4. The molecule has 0 aromatic heterocycles. The van der Waals surface area contributed by atoms with Crippen LogP contribution in [0.25, 0.3) is 6.08 Å². The summed E-state index contributed by atoms with van der Waals surface area (Å²) in [6.45, 7) is 9.02. The van der Waals surface area contributed by atoms with E-state index >= 15 is 0 Å². The summed E-state index contributed by atoms with van der Waals surface area (Å²) in [5.41, 5.74) is 5.87. The van der Waals surface area contributed by atoms with Gasteiger partial charge in [0.2, 0.25) is 11.8 Å². The number of aromatic hydroxyl groups is 1. The minimum Gasteiger partial charge on any atom is -0.505 e. The highest BCUT2D eigenvalue weighted by Gasteiger charge is 2.58. The number of imide groups is 1. The number of carbonyl (C=O) groups is 2. The van der Waals surface area contributed by atoms with E-state index in [2.05, 4.69) is 81.5 Å². The molecule has 2 fully saturated rings. The largest absolute Gasteiger partial charge is 0.505 e. The van der Waals surface area contributed by atoms with Gasteiger partial charge in [0.25, 0.3) is 8.32 Å². The molecule has 0 unspecified atom stereocenters. The number of rotatable bonds is 14. The summed E-state index contributed by atoms with van der Waals surface area (Å²) in [5.74, 6) is -3.38. The number of phenolic OH excluding ortho intramolecular Hbond substituents is 1. The van der Waals surface area contributed by atoms with E-state index in [0.717, 1.165) is 51.3 Å². The minimum absolute atomic E-state index is 0.174. The number of phenols is 1. The number of anilines is 3. The first-order valence-corrected chi connectivity index (χ1v) is 24.1. The van der Waals surface area contributed by atoms with E-state index in [0.29, 0.717) is 30.5 Å². The molecule has 8 rings (SSSR count). The van der Waals surface area contributed by atoms with E-state index in [1.807, 2.05) is 72.8 Å². The maximum atomic E-state index is 14.8. The van der Waals surface area contributed by atoms with Gasteiger partial charge in [-0.3, -0.25) is 14.5 Å². The summed E-state index contributed by atoms with van der Waals surface area (Å²) >= 11 is 0. The van der Waals surface area contributed by atoms with Crippen molar-refractivity contribution in [3.05, 3.63) is 162 Å². The molecule has 324 valence electrons. The molecule has 3 N–H and O–H groups in total. The average Bonchev–Trinajstić information content (AvgIpc) is 3.53. The zero-order valence-corrected chi connectivity index (χ0v) is 37.5. The van der Waals surface area contributed by atoms with Crippen LogP contribution in [0.3, 0.4) is 0 Å². The Morgan fingerprint density at radius 1 is 0.857 bits per heavy atom. The van der Waals surface area contributed by atoms with Gasteiger partial charge in [0.1, 0.15) is 0 Å². The molecule has 0 bridgehead atoms. The lowest BCUT2D eigenvalue weighted by atomic mass is 9.58. The number of amides is 2. The van der Waals surface area contributed by atoms with Crippen LogP contribution in [0.2, 0.25) is 11.4 Å². The van der Waals surface area contributed by atoms with Gasteiger partial charge in [-0.2, -0.15) is 0 Å². The average molecular weight is 863 g/mol. The molecule has 5 aromatic rings. The number of benzene rings is 5. The Hall–Kier alpha value is -5.59. The van der Waals surface area contributed by atoms with Gasteiger partial charge < -0.3 is 24.5 Å². The highest BCUT2D eigenvalue weighted by molar-refractivity contribution is 6.99. The molecule has 5 aromatic carbocycles. The third-order valence-electron chi connectivity index (χ3n) is 13.0. The highest BCUT2D eigenvalue weighted by Crippen LogP contribution is 2.52. The maximum absolute atomic E-state index is 14.8. The van der Waals surface area contributed by atoms with E-state index in [-0.39, 0.29) is 29.8 Å².